The van der Waals surface area contributed by atoms with Gasteiger partial charge in [-0.1, -0.05) is 36.4 Å². The van der Waals surface area contributed by atoms with Crippen molar-refractivity contribution in [3.05, 3.63) is 192 Å². The molecule has 18 aliphatic heterocycles. The molecule has 0 aliphatic carbocycles. The molecule has 0 N–H and O–H groups in total. The Kier molecular flexibility index (Phi) is 8.57. The standard InChI is InChI=1S/C50H28N2O10S2/c53-47-41-23-25-43-46-44-26-24-42(45(41)46)48(54)51(47)31-3-1-5-35(27-31)61-33-11-19-39(20-12-33)63(57,58)37-15-7-29(8-16-37)30-9-17-38(18-10-30)64(59,60)40-21-13-34(14-22-40)62-36-6-2-4-32(28-36)52(49(43)55)50(44)56/h1-28H. The molecule has 20 bridgehead atoms. The maximum Gasteiger partial charge on any atom is 0.265 e. The van der Waals surface area contributed by atoms with Gasteiger partial charge in [-0.25, -0.2) is 26.6 Å². The van der Waals surface area contributed by atoms with Gasteiger partial charge in [0.1, 0.15) is 23.0 Å². The van der Waals surface area contributed by atoms with Crippen LogP contribution < -0.4 is 19.3 Å². The lowest BCUT2D eigenvalue weighted by Crippen LogP contribution is -2.43. The van der Waals surface area contributed by atoms with E-state index in [-0.39, 0.29) is 87.0 Å². The second-order valence-electron chi connectivity index (χ2n) is 15.2. The van der Waals surface area contributed by atoms with Crippen LogP contribution in [0.15, 0.2) is 189 Å². The maximum atomic E-state index is 14.2. The van der Waals surface area contributed by atoms with Gasteiger partial charge in [0.25, 0.3) is 23.6 Å². The minimum Gasteiger partial charge on any atom is -0.457 e. The normalized spacial score (nSPS) is 15.7. The quantitative estimate of drug-likeness (QED) is 0.134. The smallest absolute Gasteiger partial charge is 0.265 e. The van der Waals surface area contributed by atoms with Gasteiger partial charge in [0, 0.05) is 45.2 Å². The van der Waals surface area contributed by atoms with Gasteiger partial charge in [-0.3, -0.25) is 19.2 Å². The molecule has 0 unspecified atom stereocenters. The SMILES string of the molecule is O=C1c2ccc3c4c5ccc(c24)C(=O)N1c1cccc(c1)Oc1ccc(cc1)S(=O)(=O)c1ccc(cc1)-c1ccc(cc1)S(=O)(=O)c1ccc(cc1)Oc1cccc(c1)N(C3=O)C5=O. The summed E-state index contributed by atoms with van der Waals surface area (Å²) in [5, 5.41) is 0.385. The molecule has 0 spiro atoms. The van der Waals surface area contributed by atoms with E-state index < -0.39 is 43.3 Å². The first-order valence-electron chi connectivity index (χ1n) is 19.7. The molecule has 0 saturated carbocycles. The molecule has 8 aromatic rings. The highest BCUT2D eigenvalue weighted by molar-refractivity contribution is 7.91. The molecule has 14 heteroatoms. The lowest BCUT2D eigenvalue weighted by Gasteiger charge is -2.32. The molecule has 0 saturated heterocycles. The van der Waals surface area contributed by atoms with Crippen molar-refractivity contribution in [3.8, 4) is 34.1 Å². The van der Waals surface area contributed by atoms with Crippen molar-refractivity contribution in [2.24, 2.45) is 0 Å². The van der Waals surface area contributed by atoms with Crippen molar-refractivity contribution in [2.75, 3.05) is 9.80 Å². The minimum atomic E-state index is -3.95. The Morgan fingerprint density at radius 3 is 0.938 bits per heavy atom. The second kappa shape index (κ2) is 14.2. The van der Waals surface area contributed by atoms with Crippen molar-refractivity contribution in [2.45, 2.75) is 19.6 Å². The summed E-state index contributed by atoms with van der Waals surface area (Å²) in [6.45, 7) is 0. The lowest BCUT2D eigenvalue weighted by molar-refractivity contribution is 0.0873. The van der Waals surface area contributed by atoms with Crippen molar-refractivity contribution in [1.29, 1.82) is 0 Å². The molecular weight excluding hydrogens is 853 g/mol. The third kappa shape index (κ3) is 6.02. The third-order valence-electron chi connectivity index (χ3n) is 11.4. The van der Waals surface area contributed by atoms with Crippen LogP contribution in [0.3, 0.4) is 0 Å². The molecule has 18 heterocycles. The number of ether oxygens (including phenoxy) is 2. The fourth-order valence-corrected chi connectivity index (χ4v) is 10.8. The van der Waals surface area contributed by atoms with Gasteiger partial charge in [-0.15, -0.1) is 0 Å². The Labute approximate surface area is 365 Å². The van der Waals surface area contributed by atoms with E-state index in [9.17, 15) is 36.0 Å². The van der Waals surface area contributed by atoms with Crippen LogP contribution in [0.4, 0.5) is 11.4 Å². The number of nitrogens with zero attached hydrogens (tertiary/aromatic N) is 2. The van der Waals surface area contributed by atoms with Crippen LogP contribution >= 0.6 is 0 Å². The zero-order valence-corrected chi connectivity index (χ0v) is 34.6. The zero-order chi connectivity index (χ0) is 44.1. The first kappa shape index (κ1) is 38.7. The average molecular weight is 881 g/mol. The highest BCUT2D eigenvalue weighted by atomic mass is 32.2. The van der Waals surface area contributed by atoms with Crippen molar-refractivity contribution < 1.29 is 45.5 Å². The van der Waals surface area contributed by atoms with E-state index in [1.807, 2.05) is 0 Å². The van der Waals surface area contributed by atoms with E-state index in [0.29, 0.717) is 11.1 Å². The van der Waals surface area contributed by atoms with E-state index in [0.717, 1.165) is 9.80 Å². The van der Waals surface area contributed by atoms with Gasteiger partial charge >= 0.3 is 0 Å². The maximum absolute atomic E-state index is 14.2. The van der Waals surface area contributed by atoms with Crippen LogP contribution in [-0.4, -0.2) is 40.5 Å². The van der Waals surface area contributed by atoms with Gasteiger partial charge in [-0.05, 0) is 132 Å². The van der Waals surface area contributed by atoms with Crippen LogP contribution in [0.5, 0.6) is 23.0 Å². The number of imide groups is 2. The largest absolute Gasteiger partial charge is 0.457 e. The number of anilines is 2. The summed E-state index contributed by atoms with van der Waals surface area (Å²) >= 11 is 0. The van der Waals surface area contributed by atoms with Gasteiger partial charge in [0.05, 0.1) is 31.0 Å². The van der Waals surface area contributed by atoms with Crippen LogP contribution in [0, 0.1) is 0 Å². The van der Waals surface area contributed by atoms with Crippen LogP contribution in [0.1, 0.15) is 41.4 Å². The Hall–Kier alpha value is -8.20. The van der Waals surface area contributed by atoms with Gasteiger partial charge < -0.3 is 9.47 Å². The zero-order valence-electron chi connectivity index (χ0n) is 33.0. The van der Waals surface area contributed by atoms with E-state index in [1.165, 1.54) is 109 Å². The van der Waals surface area contributed by atoms with Crippen molar-refractivity contribution in [3.63, 3.8) is 0 Å². The molecule has 8 aromatic carbocycles. The number of hydrogen-bond donors (Lipinski definition) is 0. The highest BCUT2D eigenvalue weighted by Gasteiger charge is 2.41. The predicted octanol–water partition coefficient (Wildman–Crippen LogP) is 9.67. The topological polar surface area (TPSA) is 161 Å². The van der Waals surface area contributed by atoms with Crippen LogP contribution in [0.25, 0.3) is 21.9 Å². The first-order valence-corrected chi connectivity index (χ1v) is 22.7. The number of amides is 4. The summed E-state index contributed by atoms with van der Waals surface area (Å²) in [5.41, 5.74) is 2.20. The fraction of sp³-hybridized carbons (Fsp3) is 0. The van der Waals surface area contributed by atoms with E-state index in [2.05, 4.69) is 0 Å². The lowest BCUT2D eigenvalue weighted by atomic mass is 9.85. The van der Waals surface area contributed by atoms with Crippen LogP contribution in [0.2, 0.25) is 0 Å². The fourth-order valence-electron chi connectivity index (χ4n) is 8.29. The number of benzene rings is 8. The number of carbonyl (C=O) groups is 4. The molecule has 0 atom stereocenters. The summed E-state index contributed by atoms with van der Waals surface area (Å²) in [7, 11) is -7.91. The molecule has 12 nitrogen and oxygen atoms in total. The molecule has 4 amide bonds. The average Bonchev–Trinajstić information content (AvgIpc) is 3.30. The first-order chi connectivity index (χ1) is 30.9. The summed E-state index contributed by atoms with van der Waals surface area (Å²) in [4.78, 5) is 59.0. The van der Waals surface area contributed by atoms with Gasteiger partial charge in [0.2, 0.25) is 19.7 Å². The van der Waals surface area contributed by atoms with Gasteiger partial charge in [-0.2, -0.15) is 0 Å². The minimum absolute atomic E-state index is 0.0148. The van der Waals surface area contributed by atoms with E-state index >= 15 is 0 Å². The monoisotopic (exact) mass is 880 g/mol. The van der Waals surface area contributed by atoms with E-state index in [1.54, 1.807) is 60.7 Å². The number of sulfone groups is 2. The molecular formula is C50H28N2O10S2. The van der Waals surface area contributed by atoms with E-state index in [4.69, 9.17) is 9.47 Å². The molecule has 0 fully saturated rings. The van der Waals surface area contributed by atoms with Crippen molar-refractivity contribution in [1.82, 2.24) is 0 Å². The summed E-state index contributed by atoms with van der Waals surface area (Å²) < 4.78 is 66.8. The molecule has 0 radical (unpaired) electrons. The Morgan fingerprint density at radius 2 is 0.625 bits per heavy atom. The summed E-state index contributed by atoms with van der Waals surface area (Å²) in [6.07, 6.45) is 0. The summed E-state index contributed by atoms with van der Waals surface area (Å²) in [5.74, 6) is -1.60. The molecule has 310 valence electrons. The second-order valence-corrected chi connectivity index (χ2v) is 19.1. The Morgan fingerprint density at radius 1 is 0.328 bits per heavy atom. The van der Waals surface area contributed by atoms with Gasteiger partial charge in [0.15, 0.2) is 0 Å². The molecule has 0 aromatic heterocycles. The number of hydrogen-bond acceptors (Lipinski definition) is 10. The third-order valence-corrected chi connectivity index (χ3v) is 15.0. The Balaban J connectivity index is 1.01. The summed E-state index contributed by atoms with van der Waals surface area (Å²) in [6, 6.07) is 42.6. The molecule has 64 heavy (non-hydrogen) atoms. The number of carbonyl (C=O) groups excluding carboxylic acids is 4. The van der Waals surface area contributed by atoms with Crippen LogP contribution in [-0.2, 0) is 19.7 Å². The van der Waals surface area contributed by atoms with Crippen molar-refractivity contribution >= 4 is 65.5 Å². The predicted molar refractivity (Wildman–Crippen MR) is 235 cm³/mol. The highest BCUT2D eigenvalue weighted by Crippen LogP contribution is 2.42. The molecule has 26 rings (SSSR count). The number of rotatable bonds is 0. The molecule has 18 aliphatic rings. The Bertz CT molecular complexity index is 3280.